The summed E-state index contributed by atoms with van der Waals surface area (Å²) in [5.74, 6) is -2.94. The van der Waals surface area contributed by atoms with Crippen LogP contribution in [0.4, 0.5) is 8.78 Å². The summed E-state index contributed by atoms with van der Waals surface area (Å²) in [6.45, 7) is 2.84. The number of alkyl halides is 2. The van der Waals surface area contributed by atoms with Crippen molar-refractivity contribution >= 4 is 16.0 Å². The van der Waals surface area contributed by atoms with Crippen LogP contribution in [0.5, 0.6) is 5.75 Å². The molecule has 202 valence electrons. The molecule has 10 heteroatoms. The van der Waals surface area contributed by atoms with E-state index in [1.165, 1.54) is 6.07 Å². The topological polar surface area (TPSA) is 95.9 Å². The van der Waals surface area contributed by atoms with Crippen LogP contribution >= 0.6 is 0 Å². The minimum absolute atomic E-state index is 0.0270. The Morgan fingerprint density at radius 3 is 2.64 bits per heavy atom. The van der Waals surface area contributed by atoms with Crippen LogP contribution in [-0.2, 0) is 14.8 Å². The molecule has 3 aliphatic rings. The lowest BCUT2D eigenvalue weighted by atomic mass is 9.84. The molecule has 3 fully saturated rings. The number of ether oxygens (including phenoxy) is 1. The average molecular weight is 529 g/mol. The smallest absolute Gasteiger partial charge is 0.322 e. The third-order valence-electron chi connectivity index (χ3n) is 7.91. The first-order valence-electron chi connectivity index (χ1n) is 13.2. The van der Waals surface area contributed by atoms with E-state index in [1.807, 2.05) is 6.92 Å². The van der Waals surface area contributed by atoms with E-state index < -0.39 is 28.0 Å². The van der Waals surface area contributed by atoms with Crippen LogP contribution in [0.15, 0.2) is 23.1 Å². The Labute approximate surface area is 212 Å². The Kier molecular flexibility index (Phi) is 8.56. The summed E-state index contributed by atoms with van der Waals surface area (Å²) >= 11 is 0. The van der Waals surface area contributed by atoms with Gasteiger partial charge in [0.15, 0.2) is 0 Å². The lowest BCUT2D eigenvalue weighted by Crippen LogP contribution is -2.40. The van der Waals surface area contributed by atoms with Crippen molar-refractivity contribution in [1.82, 2.24) is 9.62 Å². The van der Waals surface area contributed by atoms with Gasteiger partial charge in [0.1, 0.15) is 16.7 Å². The molecule has 1 aliphatic heterocycles. The summed E-state index contributed by atoms with van der Waals surface area (Å²) in [5.41, 5.74) is 0.870. The quantitative estimate of drug-likeness (QED) is 0.481. The van der Waals surface area contributed by atoms with E-state index in [0.29, 0.717) is 31.6 Å². The molecule has 2 saturated carbocycles. The Morgan fingerprint density at radius 2 is 1.92 bits per heavy atom. The monoisotopic (exact) mass is 528 g/mol. The van der Waals surface area contributed by atoms with Crippen LogP contribution in [-0.4, -0.2) is 61.0 Å². The van der Waals surface area contributed by atoms with Crippen molar-refractivity contribution in [3.63, 3.8) is 0 Å². The number of hydrogen-bond acceptors (Lipinski definition) is 5. The maximum atomic E-state index is 13.4. The molecular weight excluding hydrogens is 490 g/mol. The number of carboxylic acid groups (broad SMARTS) is 1. The summed E-state index contributed by atoms with van der Waals surface area (Å²) in [4.78, 5) is 11.6. The van der Waals surface area contributed by atoms with Gasteiger partial charge in [-0.2, -0.15) is 4.31 Å². The molecule has 3 atom stereocenters. The fourth-order valence-electron chi connectivity index (χ4n) is 5.85. The molecule has 7 nitrogen and oxygen atoms in total. The number of carbonyl (C=O) groups is 1. The molecule has 0 bridgehead atoms. The third kappa shape index (κ3) is 6.55. The highest BCUT2D eigenvalue weighted by Crippen LogP contribution is 2.36. The number of hydrogen-bond donors (Lipinski definition) is 2. The lowest BCUT2D eigenvalue weighted by Gasteiger charge is -2.32. The van der Waals surface area contributed by atoms with Crippen LogP contribution in [0.25, 0.3) is 0 Å². The molecule has 0 radical (unpaired) electrons. The molecule has 0 amide bonds. The second-order valence-corrected chi connectivity index (χ2v) is 12.6. The van der Waals surface area contributed by atoms with E-state index in [0.717, 1.165) is 48.5 Å². The van der Waals surface area contributed by atoms with Crippen molar-refractivity contribution in [3.8, 4) is 5.75 Å². The molecule has 1 aromatic rings. The molecule has 0 aromatic heterocycles. The van der Waals surface area contributed by atoms with Crippen LogP contribution in [0, 0.1) is 12.8 Å². The Morgan fingerprint density at radius 1 is 1.17 bits per heavy atom. The maximum Gasteiger partial charge on any atom is 0.322 e. The fourth-order valence-corrected chi connectivity index (χ4v) is 7.60. The summed E-state index contributed by atoms with van der Waals surface area (Å²) in [6, 6.07) is 4.06. The van der Waals surface area contributed by atoms with Crippen LogP contribution in [0.3, 0.4) is 0 Å². The van der Waals surface area contributed by atoms with Gasteiger partial charge in [0.2, 0.25) is 15.9 Å². The van der Waals surface area contributed by atoms with Crippen molar-refractivity contribution in [2.75, 3.05) is 13.1 Å². The zero-order valence-electron chi connectivity index (χ0n) is 20.9. The van der Waals surface area contributed by atoms with Crippen LogP contribution in [0.2, 0.25) is 0 Å². The van der Waals surface area contributed by atoms with Gasteiger partial charge in [0.25, 0.3) is 0 Å². The van der Waals surface area contributed by atoms with Gasteiger partial charge in [-0.1, -0.05) is 12.5 Å². The van der Waals surface area contributed by atoms with Gasteiger partial charge in [0, 0.05) is 25.4 Å². The number of sulfonamides is 1. The van der Waals surface area contributed by atoms with Crippen molar-refractivity contribution in [2.45, 2.75) is 107 Å². The number of carboxylic acids is 1. The molecule has 36 heavy (non-hydrogen) atoms. The maximum absolute atomic E-state index is 13.4. The zero-order chi connectivity index (χ0) is 25.9. The first-order valence-corrected chi connectivity index (χ1v) is 14.6. The minimum Gasteiger partial charge on any atom is -0.489 e. The average Bonchev–Trinajstić information content (AvgIpc) is 3.32. The molecular formula is C26H38F2N2O5S. The highest BCUT2D eigenvalue weighted by atomic mass is 32.2. The molecule has 1 heterocycles. The highest BCUT2D eigenvalue weighted by Gasteiger charge is 2.41. The Balaban J connectivity index is 1.37. The number of nitrogens with one attached hydrogen (secondary N) is 1. The highest BCUT2D eigenvalue weighted by molar-refractivity contribution is 7.89. The van der Waals surface area contributed by atoms with Gasteiger partial charge in [0.05, 0.1) is 6.10 Å². The van der Waals surface area contributed by atoms with E-state index in [9.17, 15) is 27.1 Å². The third-order valence-corrected chi connectivity index (χ3v) is 9.85. The predicted molar refractivity (Wildman–Crippen MR) is 132 cm³/mol. The molecule has 0 spiro atoms. The first-order chi connectivity index (χ1) is 17.0. The molecule has 4 rings (SSSR count). The van der Waals surface area contributed by atoms with Crippen molar-refractivity contribution in [2.24, 2.45) is 5.92 Å². The predicted octanol–water partition coefficient (Wildman–Crippen LogP) is 4.73. The van der Waals surface area contributed by atoms with Gasteiger partial charge in [-0.15, -0.1) is 0 Å². The van der Waals surface area contributed by atoms with Gasteiger partial charge >= 0.3 is 5.97 Å². The van der Waals surface area contributed by atoms with Gasteiger partial charge in [-0.3, -0.25) is 4.79 Å². The van der Waals surface area contributed by atoms with Gasteiger partial charge in [-0.25, -0.2) is 17.2 Å². The van der Waals surface area contributed by atoms with Crippen molar-refractivity contribution < 1.29 is 31.8 Å². The normalized spacial score (nSPS) is 27.7. The molecule has 1 saturated heterocycles. The van der Waals surface area contributed by atoms with Crippen LogP contribution < -0.4 is 10.1 Å². The second-order valence-electron chi connectivity index (χ2n) is 10.7. The van der Waals surface area contributed by atoms with E-state index in [-0.39, 0.29) is 42.2 Å². The number of nitrogens with zero attached hydrogens (tertiary/aromatic N) is 1. The number of benzene rings is 1. The standard InChI is InChI=1S/C26H38F2N2O5S/c1-18-7-8-24(36(33,34)30-15-3-6-22(30)25(31)32)23(16-18)35-21-5-2-4-19(17-21)11-14-29-20-9-12-26(27,28)13-10-20/h7-8,16,19-22,29H,2-6,9-15,17H2,1H3,(H,31,32)/t19-,21+,22-/m0/s1. The molecule has 0 unspecified atom stereocenters. The van der Waals surface area contributed by atoms with Crippen LogP contribution in [0.1, 0.15) is 76.2 Å². The number of rotatable bonds is 9. The number of aryl methyl sites for hydroxylation is 1. The Bertz CT molecular complexity index is 1030. The summed E-state index contributed by atoms with van der Waals surface area (Å²) < 4.78 is 61.0. The lowest BCUT2D eigenvalue weighted by molar-refractivity contribution is -0.140. The summed E-state index contributed by atoms with van der Waals surface area (Å²) in [5, 5.41) is 12.9. The molecule has 2 N–H and O–H groups in total. The first kappa shape index (κ1) is 27.3. The van der Waals surface area contributed by atoms with Crippen molar-refractivity contribution in [1.29, 1.82) is 0 Å². The minimum atomic E-state index is -4.02. The second kappa shape index (κ2) is 11.3. The zero-order valence-corrected chi connectivity index (χ0v) is 21.7. The largest absolute Gasteiger partial charge is 0.489 e. The fraction of sp³-hybridized carbons (Fsp3) is 0.731. The number of aliphatic carboxylic acids is 1. The van der Waals surface area contributed by atoms with Gasteiger partial charge in [-0.05, 0) is 88.4 Å². The van der Waals surface area contributed by atoms with Gasteiger partial charge < -0.3 is 15.2 Å². The van der Waals surface area contributed by atoms with E-state index >= 15 is 0 Å². The summed E-state index contributed by atoms with van der Waals surface area (Å²) in [7, 11) is -4.02. The van der Waals surface area contributed by atoms with E-state index in [1.54, 1.807) is 12.1 Å². The summed E-state index contributed by atoms with van der Waals surface area (Å²) in [6.07, 6.45) is 6.23. The Hall–Kier alpha value is -1.78. The SMILES string of the molecule is Cc1ccc(S(=O)(=O)N2CCC[C@H]2C(=O)O)c(O[C@@H]2CCC[C@@H](CCNC3CCC(F)(F)CC3)C2)c1. The van der Waals surface area contributed by atoms with E-state index in [2.05, 4.69) is 5.32 Å². The van der Waals surface area contributed by atoms with E-state index in [4.69, 9.17) is 4.74 Å². The van der Waals surface area contributed by atoms with Crippen molar-refractivity contribution in [3.05, 3.63) is 23.8 Å². The molecule has 2 aliphatic carbocycles. The molecule has 1 aromatic carbocycles. The number of halogens is 2.